The number of rotatable bonds is 3. The lowest BCUT2D eigenvalue weighted by Crippen LogP contribution is -2.59. The van der Waals surface area contributed by atoms with Crippen molar-refractivity contribution in [3.8, 4) is 0 Å². The van der Waals surface area contributed by atoms with Crippen LogP contribution in [0.1, 0.15) is 17.5 Å². The quantitative estimate of drug-likeness (QED) is 0.907. The fourth-order valence-corrected chi connectivity index (χ4v) is 3.64. The highest BCUT2D eigenvalue weighted by molar-refractivity contribution is 5.49. The average Bonchev–Trinajstić information content (AvgIpc) is 2.62. The summed E-state index contributed by atoms with van der Waals surface area (Å²) in [6.07, 6.45) is -2.79. The zero-order valence-corrected chi connectivity index (χ0v) is 14.7. The minimum Gasteiger partial charge on any atom is -0.383 e. The molecule has 1 aliphatic rings. The molecular formula is C19H22F3N3O. The second-order valence-electron chi connectivity index (χ2n) is 6.84. The van der Waals surface area contributed by atoms with Crippen molar-refractivity contribution in [2.75, 3.05) is 32.1 Å². The van der Waals surface area contributed by atoms with Gasteiger partial charge in [0.1, 0.15) is 11.4 Å². The molecule has 7 heteroatoms. The summed E-state index contributed by atoms with van der Waals surface area (Å²) in [5.74, 6) is -0.0815. The van der Waals surface area contributed by atoms with E-state index in [2.05, 4.69) is 4.98 Å². The van der Waals surface area contributed by atoms with Gasteiger partial charge in [-0.25, -0.2) is 4.98 Å². The molecule has 2 aromatic rings. The lowest BCUT2D eigenvalue weighted by Gasteiger charge is -2.48. The summed E-state index contributed by atoms with van der Waals surface area (Å²) in [6.45, 7) is 0.536. The van der Waals surface area contributed by atoms with Gasteiger partial charge in [-0.3, -0.25) is 0 Å². The maximum absolute atomic E-state index is 13.3. The van der Waals surface area contributed by atoms with Crippen LogP contribution in [0, 0.1) is 0 Å². The lowest BCUT2D eigenvalue weighted by molar-refractivity contribution is -0.137. The van der Waals surface area contributed by atoms with Crippen molar-refractivity contribution < 1.29 is 18.3 Å². The van der Waals surface area contributed by atoms with E-state index in [1.54, 1.807) is 4.90 Å². The molecule has 0 amide bonds. The Bertz CT molecular complexity index is 751. The van der Waals surface area contributed by atoms with Gasteiger partial charge in [0.05, 0.1) is 11.6 Å². The maximum atomic E-state index is 13.3. The first kappa shape index (κ1) is 18.7. The highest BCUT2D eigenvalue weighted by atomic mass is 19.4. The largest absolute Gasteiger partial charge is 0.419 e. The number of halogens is 3. The molecule has 3 rings (SSSR count). The molecule has 1 saturated heterocycles. The van der Waals surface area contributed by atoms with Gasteiger partial charge in [-0.1, -0.05) is 30.3 Å². The second-order valence-corrected chi connectivity index (χ2v) is 6.84. The Kier molecular flexibility index (Phi) is 4.94. The van der Waals surface area contributed by atoms with Crippen LogP contribution in [0.4, 0.5) is 19.0 Å². The van der Waals surface area contributed by atoms with E-state index in [-0.39, 0.29) is 24.9 Å². The van der Waals surface area contributed by atoms with Crippen molar-refractivity contribution in [3.05, 3.63) is 59.8 Å². The van der Waals surface area contributed by atoms with E-state index in [0.29, 0.717) is 6.42 Å². The molecule has 1 aromatic heterocycles. The Balaban J connectivity index is 1.95. The number of pyridine rings is 1. The number of likely N-dealkylation sites (N-methyl/N-ethyl adjacent to an activating group) is 1. The first-order valence-electron chi connectivity index (χ1n) is 8.45. The maximum Gasteiger partial charge on any atom is 0.419 e. The van der Waals surface area contributed by atoms with Gasteiger partial charge in [0.25, 0.3) is 0 Å². The van der Waals surface area contributed by atoms with Crippen LogP contribution in [0.2, 0.25) is 0 Å². The summed E-state index contributed by atoms with van der Waals surface area (Å²) in [7, 11) is 3.65. The molecule has 0 unspecified atom stereocenters. The van der Waals surface area contributed by atoms with E-state index in [0.717, 1.165) is 11.6 Å². The summed E-state index contributed by atoms with van der Waals surface area (Å²) in [5.41, 5.74) is -1.10. The SMILES string of the molecule is CN(C)[C@@H]1CN(c2ncccc2C(F)(F)F)CC[C@]1(O)c1ccccc1. The monoisotopic (exact) mass is 365 g/mol. The smallest absolute Gasteiger partial charge is 0.383 e. The van der Waals surface area contributed by atoms with Crippen molar-refractivity contribution in [2.45, 2.75) is 24.2 Å². The average molecular weight is 365 g/mol. The van der Waals surface area contributed by atoms with Gasteiger partial charge in [0.2, 0.25) is 0 Å². The normalized spacial score (nSPS) is 24.1. The van der Waals surface area contributed by atoms with Crippen LogP contribution >= 0.6 is 0 Å². The van der Waals surface area contributed by atoms with Crippen molar-refractivity contribution in [1.29, 1.82) is 0 Å². The van der Waals surface area contributed by atoms with E-state index in [1.807, 2.05) is 49.3 Å². The molecule has 2 heterocycles. The van der Waals surface area contributed by atoms with Crippen LogP contribution in [0.15, 0.2) is 48.7 Å². The van der Waals surface area contributed by atoms with Crippen molar-refractivity contribution in [2.24, 2.45) is 0 Å². The number of hydrogen-bond acceptors (Lipinski definition) is 4. The third-order valence-corrected chi connectivity index (χ3v) is 5.00. The molecule has 0 saturated carbocycles. The van der Waals surface area contributed by atoms with E-state index < -0.39 is 17.3 Å². The molecule has 0 spiro atoms. The van der Waals surface area contributed by atoms with Crippen molar-refractivity contribution in [3.63, 3.8) is 0 Å². The summed E-state index contributed by atoms with van der Waals surface area (Å²) in [5, 5.41) is 11.4. The molecule has 26 heavy (non-hydrogen) atoms. The van der Waals surface area contributed by atoms with E-state index in [4.69, 9.17) is 0 Å². The van der Waals surface area contributed by atoms with Crippen LogP contribution in [0.3, 0.4) is 0 Å². The van der Waals surface area contributed by atoms with Crippen LogP contribution in [0.5, 0.6) is 0 Å². The molecule has 4 nitrogen and oxygen atoms in total. The molecular weight excluding hydrogens is 343 g/mol. The zero-order chi connectivity index (χ0) is 18.9. The van der Waals surface area contributed by atoms with Crippen LogP contribution in [-0.4, -0.2) is 48.2 Å². The van der Waals surface area contributed by atoms with E-state index in [9.17, 15) is 18.3 Å². The molecule has 0 radical (unpaired) electrons. The summed E-state index contributed by atoms with van der Waals surface area (Å²) in [6, 6.07) is 11.3. The number of anilines is 1. The Morgan fingerprint density at radius 3 is 2.46 bits per heavy atom. The molecule has 2 atom stereocenters. The first-order chi connectivity index (χ1) is 12.2. The number of piperidine rings is 1. The lowest BCUT2D eigenvalue weighted by atomic mass is 9.79. The van der Waals surface area contributed by atoms with Crippen LogP contribution in [0.25, 0.3) is 0 Å². The fourth-order valence-electron chi connectivity index (χ4n) is 3.64. The zero-order valence-electron chi connectivity index (χ0n) is 14.7. The number of aliphatic hydroxyl groups is 1. The Hall–Kier alpha value is -2.12. The Morgan fingerprint density at radius 1 is 1.15 bits per heavy atom. The van der Waals surface area contributed by atoms with Gasteiger partial charge in [-0.05, 0) is 38.2 Å². The van der Waals surface area contributed by atoms with Crippen LogP contribution in [-0.2, 0) is 11.8 Å². The minimum absolute atomic E-state index is 0.0815. The number of benzene rings is 1. The van der Waals surface area contributed by atoms with Crippen molar-refractivity contribution in [1.82, 2.24) is 9.88 Å². The highest BCUT2D eigenvalue weighted by Crippen LogP contribution is 2.40. The molecule has 1 aliphatic heterocycles. The Labute approximate surface area is 150 Å². The van der Waals surface area contributed by atoms with E-state index in [1.165, 1.54) is 12.3 Å². The molecule has 1 fully saturated rings. The number of nitrogens with zero attached hydrogens (tertiary/aromatic N) is 3. The van der Waals surface area contributed by atoms with Gasteiger partial charge in [0, 0.05) is 19.3 Å². The standard InChI is InChI=1S/C19H22F3N3O/c1-24(2)16-13-25(17-15(19(20,21)22)9-6-11-23-17)12-10-18(16,26)14-7-4-3-5-8-14/h3-9,11,16,26H,10,12-13H2,1-2H3/t16-,18+/m1/s1. The number of aromatic nitrogens is 1. The Morgan fingerprint density at radius 2 is 1.85 bits per heavy atom. The molecule has 1 N–H and O–H groups in total. The molecule has 140 valence electrons. The summed E-state index contributed by atoms with van der Waals surface area (Å²) < 4.78 is 40.0. The third-order valence-electron chi connectivity index (χ3n) is 5.00. The second kappa shape index (κ2) is 6.89. The van der Waals surface area contributed by atoms with Gasteiger partial charge in [-0.15, -0.1) is 0 Å². The number of alkyl halides is 3. The van der Waals surface area contributed by atoms with Gasteiger partial charge in [0.15, 0.2) is 0 Å². The first-order valence-corrected chi connectivity index (χ1v) is 8.45. The third kappa shape index (κ3) is 3.41. The number of hydrogen-bond donors (Lipinski definition) is 1. The van der Waals surface area contributed by atoms with Gasteiger partial charge < -0.3 is 14.9 Å². The van der Waals surface area contributed by atoms with E-state index >= 15 is 0 Å². The molecule has 0 bridgehead atoms. The fraction of sp³-hybridized carbons (Fsp3) is 0.421. The summed E-state index contributed by atoms with van der Waals surface area (Å²) >= 11 is 0. The summed E-state index contributed by atoms with van der Waals surface area (Å²) in [4.78, 5) is 7.46. The molecule has 0 aliphatic carbocycles. The minimum atomic E-state index is -4.47. The highest BCUT2D eigenvalue weighted by Gasteiger charge is 2.46. The molecule has 1 aromatic carbocycles. The van der Waals surface area contributed by atoms with Gasteiger partial charge in [-0.2, -0.15) is 13.2 Å². The van der Waals surface area contributed by atoms with Crippen molar-refractivity contribution >= 4 is 5.82 Å². The predicted molar refractivity (Wildman–Crippen MR) is 93.9 cm³/mol. The predicted octanol–water partition coefficient (Wildman–Crippen LogP) is 3.13. The topological polar surface area (TPSA) is 39.6 Å². The van der Waals surface area contributed by atoms with Crippen LogP contribution < -0.4 is 4.90 Å². The van der Waals surface area contributed by atoms with Gasteiger partial charge >= 0.3 is 6.18 Å².